The molecule has 2 N–H and O–H groups in total. The van der Waals surface area contributed by atoms with E-state index in [0.29, 0.717) is 17.7 Å². The second-order valence-electron chi connectivity index (χ2n) is 5.53. The minimum atomic E-state index is -0.217. The van der Waals surface area contributed by atoms with Crippen LogP contribution in [-0.4, -0.2) is 26.2 Å². The first kappa shape index (κ1) is 14.9. The third-order valence-corrected chi connectivity index (χ3v) is 3.75. The summed E-state index contributed by atoms with van der Waals surface area (Å²) in [4.78, 5) is 12.9. The number of hydrogen-bond acceptors (Lipinski definition) is 4. The quantitative estimate of drug-likeness (QED) is 0.853. The third kappa shape index (κ3) is 3.77. The summed E-state index contributed by atoms with van der Waals surface area (Å²) in [5, 5.41) is 12.0. The number of rotatable bonds is 4. The van der Waals surface area contributed by atoms with Crippen LogP contribution >= 0.6 is 23.6 Å². The summed E-state index contributed by atoms with van der Waals surface area (Å²) in [5.74, 6) is 0.797. The number of aromatic nitrogens is 3. The number of aromatic amines is 1. The van der Waals surface area contributed by atoms with Crippen molar-refractivity contribution in [3.8, 4) is 10.7 Å². The minimum absolute atomic E-state index is 0.0118. The lowest BCUT2D eigenvalue weighted by Gasteiger charge is -2.20. The van der Waals surface area contributed by atoms with Gasteiger partial charge >= 0.3 is 0 Å². The molecule has 2 rings (SSSR count). The molecule has 0 aliphatic heterocycles. The maximum Gasteiger partial charge on any atom is 0.222 e. The van der Waals surface area contributed by atoms with Crippen LogP contribution in [0.5, 0.6) is 0 Å². The van der Waals surface area contributed by atoms with E-state index in [4.69, 9.17) is 12.2 Å². The summed E-state index contributed by atoms with van der Waals surface area (Å²) in [6, 6.07) is 3.95. The molecule has 0 unspecified atom stereocenters. The van der Waals surface area contributed by atoms with Gasteiger partial charge in [-0.3, -0.25) is 14.5 Å². The number of amides is 1. The van der Waals surface area contributed by atoms with Gasteiger partial charge < -0.3 is 5.32 Å². The summed E-state index contributed by atoms with van der Waals surface area (Å²) in [6.45, 7) is 6.41. The highest BCUT2D eigenvalue weighted by molar-refractivity contribution is 7.71. The molecule has 5 nitrogen and oxygen atoms in total. The highest BCUT2D eigenvalue weighted by Crippen LogP contribution is 2.22. The van der Waals surface area contributed by atoms with Crippen LogP contribution in [0.2, 0.25) is 0 Å². The minimum Gasteiger partial charge on any atom is -0.351 e. The summed E-state index contributed by atoms with van der Waals surface area (Å²) < 4.78 is 2.40. The summed E-state index contributed by atoms with van der Waals surface area (Å²) in [7, 11) is 0. The molecule has 108 valence electrons. The fraction of sp³-hybridized carbons (Fsp3) is 0.462. The highest BCUT2D eigenvalue weighted by atomic mass is 32.1. The largest absolute Gasteiger partial charge is 0.351 e. The number of nitrogens with one attached hydrogen (secondary N) is 2. The lowest BCUT2D eigenvalue weighted by molar-refractivity contribution is -0.122. The zero-order valence-corrected chi connectivity index (χ0v) is 13.4. The third-order valence-electron chi connectivity index (χ3n) is 2.58. The van der Waals surface area contributed by atoms with Crippen LogP contribution in [-0.2, 0) is 11.3 Å². The van der Waals surface area contributed by atoms with E-state index in [1.165, 1.54) is 0 Å². The Morgan fingerprint density at radius 3 is 2.90 bits per heavy atom. The molecule has 1 amide bonds. The number of hydrogen-bond donors (Lipinski definition) is 2. The molecule has 0 aromatic carbocycles. The van der Waals surface area contributed by atoms with Crippen LogP contribution in [0.4, 0.5) is 0 Å². The van der Waals surface area contributed by atoms with Crippen molar-refractivity contribution in [2.24, 2.45) is 0 Å². The molecule has 0 fully saturated rings. The Morgan fingerprint density at radius 1 is 1.55 bits per heavy atom. The number of carbonyl (C=O) groups excluding carboxylic acids is 1. The fourth-order valence-corrected chi connectivity index (χ4v) is 2.76. The van der Waals surface area contributed by atoms with E-state index in [9.17, 15) is 4.79 Å². The van der Waals surface area contributed by atoms with E-state index < -0.39 is 0 Å². The van der Waals surface area contributed by atoms with Crippen molar-refractivity contribution in [1.82, 2.24) is 20.1 Å². The van der Waals surface area contributed by atoms with Crippen LogP contribution in [0.15, 0.2) is 17.5 Å². The molecule has 20 heavy (non-hydrogen) atoms. The van der Waals surface area contributed by atoms with Crippen LogP contribution < -0.4 is 5.32 Å². The lowest BCUT2D eigenvalue weighted by Crippen LogP contribution is -2.40. The van der Waals surface area contributed by atoms with Crippen molar-refractivity contribution in [2.75, 3.05) is 0 Å². The summed E-state index contributed by atoms with van der Waals surface area (Å²) in [5.41, 5.74) is -0.217. The molecule has 0 saturated heterocycles. The molecule has 0 aliphatic rings. The van der Waals surface area contributed by atoms with Crippen LogP contribution in [0, 0.1) is 4.77 Å². The van der Waals surface area contributed by atoms with Gasteiger partial charge in [0.1, 0.15) is 0 Å². The first-order chi connectivity index (χ1) is 9.37. The van der Waals surface area contributed by atoms with Gasteiger partial charge in [-0.25, -0.2) is 0 Å². The van der Waals surface area contributed by atoms with E-state index in [1.54, 1.807) is 11.3 Å². The summed E-state index contributed by atoms with van der Waals surface area (Å²) >= 11 is 6.82. The first-order valence-electron chi connectivity index (χ1n) is 6.37. The van der Waals surface area contributed by atoms with Gasteiger partial charge in [0.25, 0.3) is 0 Å². The second-order valence-corrected chi connectivity index (χ2v) is 6.86. The Labute approximate surface area is 127 Å². The van der Waals surface area contributed by atoms with Crippen LogP contribution in [0.25, 0.3) is 10.7 Å². The summed E-state index contributed by atoms with van der Waals surface area (Å²) in [6.07, 6.45) is 0.378. The van der Waals surface area contributed by atoms with Crippen molar-refractivity contribution in [1.29, 1.82) is 0 Å². The molecule has 0 aliphatic carbocycles. The number of thiophene rings is 1. The topological polar surface area (TPSA) is 62.7 Å². The Hall–Kier alpha value is -1.47. The molecule has 2 aromatic heterocycles. The van der Waals surface area contributed by atoms with Crippen LogP contribution in [0.1, 0.15) is 27.2 Å². The standard InChI is InChI=1S/C13H18N4OS2/c1-13(2,3)14-10(18)6-7-17-11(15-16-12(17)19)9-5-4-8-20-9/h4-5,8H,6-7H2,1-3H3,(H,14,18)(H,16,19). The fourth-order valence-electron chi connectivity index (χ4n) is 1.81. The maximum atomic E-state index is 11.9. The Bertz CT molecular complexity index is 634. The van der Waals surface area contributed by atoms with Gasteiger partial charge in [-0.1, -0.05) is 6.07 Å². The van der Waals surface area contributed by atoms with Crippen molar-refractivity contribution < 1.29 is 4.79 Å². The molecule has 0 saturated carbocycles. The van der Waals surface area contributed by atoms with E-state index in [2.05, 4.69) is 15.5 Å². The number of H-pyrrole nitrogens is 1. The van der Waals surface area contributed by atoms with E-state index in [-0.39, 0.29) is 11.4 Å². The average Bonchev–Trinajstić information content (AvgIpc) is 2.93. The Morgan fingerprint density at radius 2 is 2.30 bits per heavy atom. The molecule has 0 spiro atoms. The van der Waals surface area contributed by atoms with E-state index in [0.717, 1.165) is 10.7 Å². The Kier molecular flexibility index (Phi) is 4.39. The monoisotopic (exact) mass is 310 g/mol. The van der Waals surface area contributed by atoms with E-state index in [1.807, 2.05) is 42.9 Å². The zero-order chi connectivity index (χ0) is 14.8. The molecular formula is C13H18N4OS2. The highest BCUT2D eigenvalue weighted by Gasteiger charge is 2.15. The van der Waals surface area contributed by atoms with Gasteiger partial charge in [0, 0.05) is 18.5 Å². The predicted molar refractivity (Wildman–Crippen MR) is 83.2 cm³/mol. The molecule has 0 bridgehead atoms. The average molecular weight is 310 g/mol. The number of nitrogens with zero attached hydrogens (tertiary/aromatic N) is 2. The maximum absolute atomic E-state index is 11.9. The van der Waals surface area contributed by atoms with Gasteiger partial charge in [0.15, 0.2) is 10.6 Å². The van der Waals surface area contributed by atoms with E-state index >= 15 is 0 Å². The van der Waals surface area contributed by atoms with Crippen LogP contribution in [0.3, 0.4) is 0 Å². The van der Waals surface area contributed by atoms with Gasteiger partial charge in [0.2, 0.25) is 5.91 Å². The molecule has 0 radical (unpaired) electrons. The zero-order valence-electron chi connectivity index (χ0n) is 11.8. The molecule has 0 atom stereocenters. The Balaban J connectivity index is 2.09. The molecular weight excluding hydrogens is 292 g/mol. The second kappa shape index (κ2) is 5.88. The molecule has 2 aromatic rings. The predicted octanol–water partition coefficient (Wildman–Crippen LogP) is 2.97. The van der Waals surface area contributed by atoms with Crippen molar-refractivity contribution in [2.45, 2.75) is 39.3 Å². The van der Waals surface area contributed by atoms with Crippen molar-refractivity contribution in [3.63, 3.8) is 0 Å². The SMILES string of the molecule is CC(C)(C)NC(=O)CCn1c(-c2cccs2)n[nH]c1=S. The molecule has 7 heteroatoms. The van der Waals surface area contributed by atoms with Crippen molar-refractivity contribution >= 4 is 29.5 Å². The van der Waals surface area contributed by atoms with Gasteiger partial charge in [0.05, 0.1) is 4.88 Å². The normalized spacial score (nSPS) is 11.6. The lowest BCUT2D eigenvalue weighted by atomic mass is 10.1. The van der Waals surface area contributed by atoms with Crippen molar-refractivity contribution in [3.05, 3.63) is 22.3 Å². The number of carbonyl (C=O) groups is 1. The first-order valence-corrected chi connectivity index (χ1v) is 7.66. The smallest absolute Gasteiger partial charge is 0.222 e. The van der Waals surface area contributed by atoms with Gasteiger partial charge in [-0.15, -0.1) is 11.3 Å². The molecule has 2 heterocycles. The van der Waals surface area contributed by atoms with Gasteiger partial charge in [-0.05, 0) is 44.4 Å². The van der Waals surface area contributed by atoms with Gasteiger partial charge in [-0.2, -0.15) is 5.10 Å².